The molecule has 0 bridgehead atoms. The first kappa shape index (κ1) is 21.9. The molecule has 3 aromatic heterocycles. The van der Waals surface area contributed by atoms with Crippen molar-refractivity contribution in [3.63, 3.8) is 0 Å². The number of ether oxygens (including phenoxy) is 1. The maximum absolute atomic E-state index is 6.42. The highest BCUT2D eigenvalue weighted by Gasteiger charge is 2.17. The van der Waals surface area contributed by atoms with Gasteiger partial charge in [0.05, 0.1) is 30.7 Å². The van der Waals surface area contributed by atoms with Crippen LogP contribution in [0, 0.1) is 0 Å². The Balaban J connectivity index is 1.58. The molecule has 0 radical (unpaired) electrons. The monoisotopic (exact) mass is 462 g/mol. The van der Waals surface area contributed by atoms with Gasteiger partial charge >= 0.3 is 0 Å². The average Bonchev–Trinajstić information content (AvgIpc) is 3.62. The highest BCUT2D eigenvalue weighted by molar-refractivity contribution is 5.93. The molecule has 0 aliphatic heterocycles. The second-order valence-corrected chi connectivity index (χ2v) is 7.60. The van der Waals surface area contributed by atoms with E-state index in [-0.39, 0.29) is 5.95 Å². The molecule has 35 heavy (non-hydrogen) atoms. The molecule has 0 aliphatic carbocycles. The molecule has 0 saturated carbocycles. The van der Waals surface area contributed by atoms with Crippen molar-refractivity contribution in [2.75, 3.05) is 12.3 Å². The first-order chi connectivity index (χ1) is 17.2. The van der Waals surface area contributed by atoms with Gasteiger partial charge < -0.3 is 19.3 Å². The first-order valence-corrected chi connectivity index (χ1v) is 10.9. The number of para-hydroxylation sites is 1. The minimum atomic E-state index is 0.262. The lowest BCUT2D eigenvalue weighted by atomic mass is 9.99. The fourth-order valence-corrected chi connectivity index (χ4v) is 3.70. The van der Waals surface area contributed by atoms with Crippen molar-refractivity contribution < 1.29 is 13.6 Å². The molecule has 5 aromatic rings. The van der Waals surface area contributed by atoms with Crippen LogP contribution >= 0.6 is 0 Å². The predicted molar refractivity (Wildman–Crippen MR) is 137 cm³/mol. The number of nitrogens with two attached hydrogens (primary N) is 1. The lowest BCUT2D eigenvalue weighted by molar-refractivity contribution is 0.365. The topological polar surface area (TPSA) is 99.7 Å². The Morgan fingerprint density at radius 3 is 2.11 bits per heavy atom. The summed E-state index contributed by atoms with van der Waals surface area (Å²) in [5.74, 6) is 1.03. The Morgan fingerprint density at radius 1 is 0.857 bits per heavy atom. The number of nitrogen functional groups attached to an aromatic ring is 1. The van der Waals surface area contributed by atoms with E-state index in [1.807, 2.05) is 48.5 Å². The summed E-state index contributed by atoms with van der Waals surface area (Å²) in [6.07, 6.45) is 9.77. The Morgan fingerprint density at radius 2 is 1.49 bits per heavy atom. The molecule has 2 aromatic carbocycles. The molecule has 5 rings (SSSR count). The minimum Gasteiger partial charge on any atom is -0.489 e. The zero-order valence-corrected chi connectivity index (χ0v) is 18.8. The van der Waals surface area contributed by atoms with Crippen molar-refractivity contribution in [2.24, 2.45) is 4.99 Å². The zero-order chi connectivity index (χ0) is 24.0. The van der Waals surface area contributed by atoms with E-state index in [1.54, 1.807) is 49.5 Å². The van der Waals surface area contributed by atoms with Crippen LogP contribution in [0.3, 0.4) is 0 Å². The minimum absolute atomic E-state index is 0.262. The van der Waals surface area contributed by atoms with Crippen LogP contribution in [0.1, 0.15) is 5.56 Å². The van der Waals surface area contributed by atoms with Crippen LogP contribution in [0.4, 0.5) is 11.6 Å². The van der Waals surface area contributed by atoms with E-state index in [4.69, 9.17) is 19.3 Å². The number of benzene rings is 2. The maximum Gasteiger partial charge on any atom is 0.250 e. The predicted octanol–water partition coefficient (Wildman–Crippen LogP) is 6.56. The Kier molecular flexibility index (Phi) is 6.21. The molecule has 7 nitrogen and oxygen atoms in total. The van der Waals surface area contributed by atoms with Gasteiger partial charge in [-0.15, -0.1) is 0 Å². The van der Waals surface area contributed by atoms with E-state index < -0.39 is 0 Å². The van der Waals surface area contributed by atoms with Crippen LogP contribution in [0.2, 0.25) is 0 Å². The number of aromatic nitrogens is 2. The molecular weight excluding hydrogens is 440 g/mol. The number of rotatable bonds is 8. The normalized spacial score (nSPS) is 11.1. The fourth-order valence-electron chi connectivity index (χ4n) is 3.70. The van der Waals surface area contributed by atoms with Gasteiger partial charge in [0.1, 0.15) is 23.7 Å². The van der Waals surface area contributed by atoms with Crippen molar-refractivity contribution in [3.8, 4) is 39.4 Å². The average molecular weight is 463 g/mol. The Labute approximate surface area is 202 Å². The molecule has 3 heterocycles. The highest BCUT2D eigenvalue weighted by atomic mass is 16.5. The van der Waals surface area contributed by atoms with Crippen molar-refractivity contribution in [1.29, 1.82) is 0 Å². The van der Waals surface area contributed by atoms with Crippen LogP contribution < -0.4 is 10.5 Å². The van der Waals surface area contributed by atoms with Crippen LogP contribution in [0.15, 0.2) is 112 Å². The largest absolute Gasteiger partial charge is 0.489 e. The number of nitrogens with zero attached hydrogens (tertiary/aromatic N) is 3. The molecule has 0 saturated heterocycles. The third-order valence-electron chi connectivity index (χ3n) is 5.34. The van der Waals surface area contributed by atoms with Crippen LogP contribution in [-0.2, 0) is 0 Å². The summed E-state index contributed by atoms with van der Waals surface area (Å²) in [7, 11) is 0. The van der Waals surface area contributed by atoms with E-state index in [2.05, 4.69) is 21.5 Å². The van der Waals surface area contributed by atoms with Gasteiger partial charge in [-0.3, -0.25) is 0 Å². The Hall–Kier alpha value is -4.91. The fraction of sp³-hybridized carbons (Fsp3) is 0.0357. The van der Waals surface area contributed by atoms with E-state index in [1.165, 1.54) is 0 Å². The van der Waals surface area contributed by atoms with Crippen LogP contribution in [0.25, 0.3) is 33.6 Å². The van der Waals surface area contributed by atoms with Gasteiger partial charge in [-0.25, -0.2) is 15.0 Å². The summed E-state index contributed by atoms with van der Waals surface area (Å²) >= 11 is 0. The van der Waals surface area contributed by atoms with Crippen molar-refractivity contribution in [2.45, 2.75) is 0 Å². The van der Waals surface area contributed by atoms with Gasteiger partial charge in [-0.05, 0) is 23.8 Å². The second kappa shape index (κ2) is 9.93. The third-order valence-corrected chi connectivity index (χ3v) is 5.34. The maximum atomic E-state index is 6.42. The Bertz CT molecular complexity index is 1420. The van der Waals surface area contributed by atoms with E-state index in [0.717, 1.165) is 33.6 Å². The molecule has 7 heteroatoms. The zero-order valence-electron chi connectivity index (χ0n) is 18.8. The van der Waals surface area contributed by atoms with Gasteiger partial charge in [0.2, 0.25) is 0 Å². The summed E-state index contributed by atoms with van der Waals surface area (Å²) < 4.78 is 16.3. The standard InChI is InChI=1S/C28H22N4O3/c1-2-13-35-24-10-6-5-9-23(24)22-8-4-3-7-19(22)16-30-28-31-26(20-11-14-33-17-20)25(29)27(32-28)21-12-15-34-18-21/h2-12,14-18H,1,13,29H2/b30-16+. The smallest absolute Gasteiger partial charge is 0.250 e. The van der Waals surface area contributed by atoms with Gasteiger partial charge in [0.15, 0.2) is 0 Å². The SMILES string of the molecule is C=CCOc1ccccc1-c1ccccc1/C=N/c1nc(-c2ccoc2)c(N)c(-c2ccoc2)n1. The molecule has 0 spiro atoms. The van der Waals surface area contributed by atoms with E-state index in [0.29, 0.717) is 23.7 Å². The number of hydrogen-bond donors (Lipinski definition) is 1. The lowest BCUT2D eigenvalue weighted by Crippen LogP contribution is -2.00. The van der Waals surface area contributed by atoms with Crippen LogP contribution in [-0.4, -0.2) is 22.8 Å². The van der Waals surface area contributed by atoms with Crippen molar-refractivity contribution in [1.82, 2.24) is 9.97 Å². The van der Waals surface area contributed by atoms with Gasteiger partial charge in [0.25, 0.3) is 5.95 Å². The number of anilines is 1. The van der Waals surface area contributed by atoms with Gasteiger partial charge in [0, 0.05) is 28.5 Å². The van der Waals surface area contributed by atoms with Crippen molar-refractivity contribution in [3.05, 3.63) is 104 Å². The molecule has 172 valence electrons. The molecule has 2 N–H and O–H groups in total. The summed E-state index contributed by atoms with van der Waals surface area (Å²) in [4.78, 5) is 13.8. The van der Waals surface area contributed by atoms with Gasteiger partial charge in [-0.2, -0.15) is 0 Å². The molecule has 0 unspecified atom stereocenters. The third kappa shape index (κ3) is 4.60. The molecule has 0 amide bonds. The quantitative estimate of drug-likeness (QED) is 0.207. The van der Waals surface area contributed by atoms with Crippen molar-refractivity contribution >= 4 is 17.9 Å². The van der Waals surface area contributed by atoms with E-state index in [9.17, 15) is 0 Å². The molecule has 0 aliphatic rings. The summed E-state index contributed by atoms with van der Waals surface area (Å²) in [6, 6.07) is 19.4. The van der Waals surface area contributed by atoms with Crippen LogP contribution in [0.5, 0.6) is 5.75 Å². The van der Waals surface area contributed by atoms with Gasteiger partial charge in [-0.1, -0.05) is 55.1 Å². The number of furan rings is 2. The first-order valence-electron chi connectivity index (χ1n) is 10.9. The molecular formula is C28H22N4O3. The second-order valence-electron chi connectivity index (χ2n) is 7.60. The summed E-state index contributed by atoms with van der Waals surface area (Å²) in [5, 5.41) is 0. The summed E-state index contributed by atoms with van der Waals surface area (Å²) in [5.41, 5.74) is 12.2. The number of aliphatic imine (C=N–C) groups is 1. The lowest BCUT2D eigenvalue weighted by Gasteiger charge is -2.12. The summed E-state index contributed by atoms with van der Waals surface area (Å²) in [6.45, 7) is 4.15. The van der Waals surface area contributed by atoms with E-state index >= 15 is 0 Å². The molecule has 0 atom stereocenters. The highest BCUT2D eigenvalue weighted by Crippen LogP contribution is 2.35. The number of hydrogen-bond acceptors (Lipinski definition) is 7. The molecule has 0 fully saturated rings.